The van der Waals surface area contributed by atoms with Gasteiger partial charge in [-0.3, -0.25) is 14.5 Å². The van der Waals surface area contributed by atoms with E-state index in [0.717, 1.165) is 5.56 Å². The Morgan fingerprint density at radius 3 is 2.43 bits per heavy atom. The first-order chi connectivity index (χ1) is 13.3. The smallest absolute Gasteiger partial charge is 0.241 e. The van der Waals surface area contributed by atoms with Crippen LogP contribution in [0.3, 0.4) is 0 Å². The van der Waals surface area contributed by atoms with E-state index in [1.54, 1.807) is 42.2 Å². The highest BCUT2D eigenvalue weighted by atomic mass is 35.5. The molecular weight excluding hydrogens is 404 g/mol. The van der Waals surface area contributed by atoms with Crippen LogP contribution in [0.4, 0.5) is 10.1 Å². The first kappa shape index (κ1) is 22.1. The molecule has 0 bridgehead atoms. The second-order valence-corrected chi connectivity index (χ2v) is 7.10. The molecule has 2 aromatic carbocycles. The van der Waals surface area contributed by atoms with Crippen molar-refractivity contribution in [3.05, 3.63) is 63.9 Å². The molecule has 0 saturated carbocycles. The molecule has 0 aliphatic heterocycles. The Kier molecular flexibility index (Phi) is 8.23. The van der Waals surface area contributed by atoms with Crippen LogP contribution in [0, 0.1) is 5.82 Å². The maximum Gasteiger partial charge on any atom is 0.241 e. The van der Waals surface area contributed by atoms with Crippen LogP contribution < -0.4 is 10.6 Å². The third-order valence-electron chi connectivity index (χ3n) is 4.27. The van der Waals surface area contributed by atoms with E-state index in [2.05, 4.69) is 10.6 Å². The number of amides is 2. The zero-order valence-corrected chi connectivity index (χ0v) is 17.1. The lowest BCUT2D eigenvalue weighted by Gasteiger charge is -2.26. The number of hydrogen-bond donors (Lipinski definition) is 2. The largest absolute Gasteiger partial charge is 0.351 e. The van der Waals surface area contributed by atoms with Crippen LogP contribution in [0.1, 0.15) is 19.4 Å². The van der Waals surface area contributed by atoms with Crippen molar-refractivity contribution < 1.29 is 14.0 Å². The van der Waals surface area contributed by atoms with Gasteiger partial charge in [-0.1, -0.05) is 42.3 Å². The van der Waals surface area contributed by atoms with E-state index in [0.29, 0.717) is 22.3 Å². The Labute approximate surface area is 173 Å². The van der Waals surface area contributed by atoms with Gasteiger partial charge in [-0.2, -0.15) is 0 Å². The van der Waals surface area contributed by atoms with Crippen LogP contribution in [0.2, 0.25) is 10.0 Å². The fourth-order valence-electron chi connectivity index (χ4n) is 2.56. The molecule has 8 heteroatoms. The lowest BCUT2D eigenvalue weighted by atomic mass is 10.2. The Balaban J connectivity index is 1.90. The van der Waals surface area contributed by atoms with Crippen LogP contribution in [0.5, 0.6) is 0 Å². The number of carbonyl (C=O) groups excluding carboxylic acids is 2. The van der Waals surface area contributed by atoms with Gasteiger partial charge in [0.15, 0.2) is 0 Å². The van der Waals surface area contributed by atoms with Gasteiger partial charge in [-0.25, -0.2) is 4.39 Å². The summed E-state index contributed by atoms with van der Waals surface area (Å²) in [4.78, 5) is 26.5. The average Bonchev–Trinajstić information content (AvgIpc) is 2.67. The van der Waals surface area contributed by atoms with Crippen molar-refractivity contribution in [2.45, 2.75) is 26.4 Å². The Morgan fingerprint density at radius 1 is 1.14 bits per heavy atom. The van der Waals surface area contributed by atoms with E-state index in [1.807, 2.05) is 6.92 Å². The zero-order valence-electron chi connectivity index (χ0n) is 15.6. The molecule has 0 spiro atoms. The molecule has 0 fully saturated rings. The standard InChI is InChI=1S/C20H22Cl2FN3O2/c1-3-26(12-19(27)24-11-14-4-7-16(23)8-5-14)13(2)20(28)25-18-9-6-15(21)10-17(18)22/h4-10,13H,3,11-12H2,1-2H3,(H,24,27)(H,25,28). The molecule has 150 valence electrons. The number of anilines is 1. The molecule has 28 heavy (non-hydrogen) atoms. The van der Waals surface area contributed by atoms with Gasteiger partial charge in [0.1, 0.15) is 5.82 Å². The highest BCUT2D eigenvalue weighted by Gasteiger charge is 2.22. The maximum atomic E-state index is 12.9. The van der Waals surface area contributed by atoms with Crippen LogP contribution in [-0.2, 0) is 16.1 Å². The van der Waals surface area contributed by atoms with Crippen molar-refractivity contribution >= 4 is 40.7 Å². The molecule has 2 amide bonds. The summed E-state index contributed by atoms with van der Waals surface area (Å²) >= 11 is 11.9. The number of benzene rings is 2. The summed E-state index contributed by atoms with van der Waals surface area (Å²) in [6.45, 7) is 4.44. The Hall–Kier alpha value is -2.15. The molecule has 1 atom stereocenters. The van der Waals surface area contributed by atoms with Gasteiger partial charge in [-0.05, 0) is 49.4 Å². The fraction of sp³-hybridized carbons (Fsp3) is 0.300. The van der Waals surface area contributed by atoms with E-state index in [9.17, 15) is 14.0 Å². The highest BCUT2D eigenvalue weighted by molar-refractivity contribution is 6.36. The lowest BCUT2D eigenvalue weighted by molar-refractivity contribution is -0.125. The summed E-state index contributed by atoms with van der Waals surface area (Å²) in [5.41, 5.74) is 1.25. The summed E-state index contributed by atoms with van der Waals surface area (Å²) in [6, 6.07) is 10.2. The first-order valence-corrected chi connectivity index (χ1v) is 9.56. The molecule has 0 aromatic heterocycles. The summed E-state index contributed by atoms with van der Waals surface area (Å²) in [5, 5.41) is 6.34. The monoisotopic (exact) mass is 425 g/mol. The molecular formula is C20H22Cl2FN3O2. The number of nitrogens with one attached hydrogen (secondary N) is 2. The van der Waals surface area contributed by atoms with E-state index in [-0.39, 0.29) is 30.7 Å². The normalized spacial score (nSPS) is 11.9. The molecule has 2 rings (SSSR count). The Bertz CT molecular complexity index is 831. The van der Waals surface area contributed by atoms with Gasteiger partial charge in [0.25, 0.3) is 0 Å². The summed E-state index contributed by atoms with van der Waals surface area (Å²) < 4.78 is 12.9. The van der Waals surface area contributed by atoms with Crippen molar-refractivity contribution in [2.75, 3.05) is 18.4 Å². The van der Waals surface area contributed by atoms with Crippen molar-refractivity contribution in [1.29, 1.82) is 0 Å². The van der Waals surface area contributed by atoms with Gasteiger partial charge in [0.05, 0.1) is 23.3 Å². The molecule has 0 heterocycles. The summed E-state index contributed by atoms with van der Waals surface area (Å²) in [6.07, 6.45) is 0. The average molecular weight is 426 g/mol. The third-order valence-corrected chi connectivity index (χ3v) is 4.82. The van der Waals surface area contributed by atoms with Gasteiger partial charge in [-0.15, -0.1) is 0 Å². The molecule has 0 radical (unpaired) electrons. The third kappa shape index (κ3) is 6.48. The number of likely N-dealkylation sites (N-methyl/N-ethyl adjacent to an activating group) is 1. The first-order valence-electron chi connectivity index (χ1n) is 8.81. The Morgan fingerprint density at radius 2 is 1.82 bits per heavy atom. The lowest BCUT2D eigenvalue weighted by Crippen LogP contribution is -2.46. The predicted molar refractivity (Wildman–Crippen MR) is 110 cm³/mol. The maximum absolute atomic E-state index is 12.9. The van der Waals surface area contributed by atoms with Gasteiger partial charge < -0.3 is 10.6 Å². The van der Waals surface area contributed by atoms with Crippen LogP contribution in [0.25, 0.3) is 0 Å². The SMILES string of the molecule is CCN(CC(=O)NCc1ccc(F)cc1)C(C)C(=O)Nc1ccc(Cl)cc1Cl. The minimum Gasteiger partial charge on any atom is -0.351 e. The summed E-state index contributed by atoms with van der Waals surface area (Å²) in [5.74, 6) is -0.833. The second kappa shape index (κ2) is 10.4. The second-order valence-electron chi connectivity index (χ2n) is 6.26. The topological polar surface area (TPSA) is 61.4 Å². The van der Waals surface area contributed by atoms with E-state index in [1.165, 1.54) is 12.1 Å². The van der Waals surface area contributed by atoms with Gasteiger partial charge in [0, 0.05) is 11.6 Å². The van der Waals surface area contributed by atoms with Crippen LogP contribution in [-0.4, -0.2) is 35.8 Å². The zero-order chi connectivity index (χ0) is 20.7. The highest BCUT2D eigenvalue weighted by Crippen LogP contribution is 2.25. The number of hydrogen-bond acceptors (Lipinski definition) is 3. The van der Waals surface area contributed by atoms with Crippen molar-refractivity contribution in [3.63, 3.8) is 0 Å². The molecule has 2 aromatic rings. The minimum atomic E-state index is -0.548. The molecule has 0 saturated heterocycles. The van der Waals surface area contributed by atoms with Gasteiger partial charge in [0.2, 0.25) is 11.8 Å². The van der Waals surface area contributed by atoms with Crippen LogP contribution in [0.15, 0.2) is 42.5 Å². The minimum absolute atomic E-state index is 0.0562. The molecule has 5 nitrogen and oxygen atoms in total. The molecule has 1 unspecified atom stereocenters. The van der Waals surface area contributed by atoms with E-state index >= 15 is 0 Å². The fourth-order valence-corrected chi connectivity index (χ4v) is 3.02. The molecule has 0 aliphatic rings. The van der Waals surface area contributed by atoms with Crippen LogP contribution >= 0.6 is 23.2 Å². The van der Waals surface area contributed by atoms with E-state index < -0.39 is 6.04 Å². The number of halogens is 3. The summed E-state index contributed by atoms with van der Waals surface area (Å²) in [7, 11) is 0. The van der Waals surface area contributed by atoms with Crippen molar-refractivity contribution in [1.82, 2.24) is 10.2 Å². The number of rotatable bonds is 8. The molecule has 2 N–H and O–H groups in total. The number of carbonyl (C=O) groups is 2. The van der Waals surface area contributed by atoms with E-state index in [4.69, 9.17) is 23.2 Å². The predicted octanol–water partition coefficient (Wildman–Crippen LogP) is 4.10. The van der Waals surface area contributed by atoms with Crippen molar-refractivity contribution in [2.24, 2.45) is 0 Å². The quantitative estimate of drug-likeness (QED) is 0.668. The van der Waals surface area contributed by atoms with Crippen molar-refractivity contribution in [3.8, 4) is 0 Å². The molecule has 0 aliphatic carbocycles. The van der Waals surface area contributed by atoms with Gasteiger partial charge >= 0.3 is 0 Å². The number of nitrogens with zero attached hydrogens (tertiary/aromatic N) is 1.